The van der Waals surface area contributed by atoms with Crippen LogP contribution in [0.15, 0.2) is 71.2 Å². The highest BCUT2D eigenvalue weighted by Gasteiger charge is 2.14. The van der Waals surface area contributed by atoms with Gasteiger partial charge in [-0.3, -0.25) is 10.1 Å². The molecule has 5 nitrogen and oxygen atoms in total. The van der Waals surface area contributed by atoms with Crippen molar-refractivity contribution < 1.29 is 9.53 Å². The Kier molecular flexibility index (Phi) is 7.69. The largest absolute Gasteiger partial charge is 0.494 e. The van der Waals surface area contributed by atoms with Gasteiger partial charge in [0, 0.05) is 15.6 Å². The summed E-state index contributed by atoms with van der Waals surface area (Å²) in [5, 5.41) is 6.98. The molecule has 0 radical (unpaired) electrons. The van der Waals surface area contributed by atoms with Crippen molar-refractivity contribution in [1.29, 1.82) is 0 Å². The zero-order valence-electron chi connectivity index (χ0n) is 17.9. The number of thiazole rings is 1. The van der Waals surface area contributed by atoms with E-state index in [-0.39, 0.29) is 11.0 Å². The highest BCUT2D eigenvalue weighted by molar-refractivity contribution is 9.10. The first kappa shape index (κ1) is 23.4. The van der Waals surface area contributed by atoms with Gasteiger partial charge in [-0.1, -0.05) is 47.5 Å². The van der Waals surface area contributed by atoms with Crippen LogP contribution in [0.1, 0.15) is 30.1 Å². The number of thiocarbonyl (C=S) groups is 1. The second-order valence-corrected chi connectivity index (χ2v) is 9.67. The molecule has 168 valence electrons. The molecule has 33 heavy (non-hydrogen) atoms. The number of unbranched alkanes of at least 4 members (excludes halogenated alkanes) is 1. The van der Waals surface area contributed by atoms with Crippen LogP contribution in [-0.4, -0.2) is 22.6 Å². The topological polar surface area (TPSA) is 63.2 Å². The van der Waals surface area contributed by atoms with Crippen LogP contribution in [0.3, 0.4) is 0 Å². The standard InChI is InChI=1S/C25H22BrN3O2S2/c1-2-3-13-31-18-8-6-7-16(14-18)23(30)29-25(32)28-20-12-11-17(26)15-19(20)24-27-21-9-4-5-10-22(21)33-24/h4-12,14-15H,2-3,13H2,1H3,(H2,28,29,30,32). The van der Waals surface area contributed by atoms with Gasteiger partial charge >= 0.3 is 0 Å². The molecule has 4 rings (SSSR count). The van der Waals surface area contributed by atoms with E-state index in [2.05, 4.69) is 33.5 Å². The van der Waals surface area contributed by atoms with E-state index >= 15 is 0 Å². The second kappa shape index (κ2) is 10.9. The van der Waals surface area contributed by atoms with Crippen molar-refractivity contribution in [2.75, 3.05) is 11.9 Å². The van der Waals surface area contributed by atoms with Gasteiger partial charge in [0.05, 0.1) is 22.5 Å². The van der Waals surface area contributed by atoms with Gasteiger partial charge in [-0.2, -0.15) is 0 Å². The number of rotatable bonds is 7. The molecule has 2 N–H and O–H groups in total. The summed E-state index contributed by atoms with van der Waals surface area (Å²) in [7, 11) is 0. The van der Waals surface area contributed by atoms with Crippen LogP contribution in [0, 0.1) is 0 Å². The first-order valence-electron chi connectivity index (χ1n) is 10.5. The number of halogens is 1. The summed E-state index contributed by atoms with van der Waals surface area (Å²) in [6, 6.07) is 20.9. The van der Waals surface area contributed by atoms with Crippen LogP contribution in [0.25, 0.3) is 20.8 Å². The number of benzene rings is 3. The molecular weight excluding hydrogens is 518 g/mol. The van der Waals surface area contributed by atoms with Gasteiger partial charge in [0.1, 0.15) is 10.8 Å². The predicted molar refractivity (Wildman–Crippen MR) is 143 cm³/mol. The second-order valence-electron chi connectivity index (χ2n) is 7.31. The minimum atomic E-state index is -0.299. The number of hydrogen-bond acceptors (Lipinski definition) is 5. The fourth-order valence-corrected chi connectivity index (χ4v) is 4.74. The molecule has 0 unspecified atom stereocenters. The summed E-state index contributed by atoms with van der Waals surface area (Å²) in [5.41, 5.74) is 3.09. The summed E-state index contributed by atoms with van der Waals surface area (Å²) in [6.07, 6.45) is 2.02. The molecule has 4 aromatic rings. The number of aromatic nitrogens is 1. The fraction of sp³-hybridized carbons (Fsp3) is 0.160. The molecule has 0 aliphatic rings. The smallest absolute Gasteiger partial charge is 0.257 e. The highest BCUT2D eigenvalue weighted by atomic mass is 79.9. The molecule has 0 aliphatic carbocycles. The van der Waals surface area contributed by atoms with Crippen LogP contribution in [0.4, 0.5) is 5.69 Å². The number of nitrogens with zero attached hydrogens (tertiary/aromatic N) is 1. The fourth-order valence-electron chi connectivity index (χ4n) is 3.18. The highest BCUT2D eigenvalue weighted by Crippen LogP contribution is 2.36. The Hall–Kier alpha value is -2.81. The lowest BCUT2D eigenvalue weighted by atomic mass is 10.2. The van der Waals surface area contributed by atoms with E-state index in [1.165, 1.54) is 0 Å². The predicted octanol–water partition coefficient (Wildman–Crippen LogP) is 7.03. The first-order chi connectivity index (χ1) is 16.0. The van der Waals surface area contributed by atoms with Gasteiger partial charge in [-0.25, -0.2) is 4.98 Å². The molecular formula is C25H22BrN3O2S2. The van der Waals surface area contributed by atoms with E-state index in [0.29, 0.717) is 17.9 Å². The third-order valence-electron chi connectivity index (χ3n) is 4.84. The Balaban J connectivity index is 1.49. The average Bonchev–Trinajstić information content (AvgIpc) is 3.25. The van der Waals surface area contributed by atoms with Gasteiger partial charge in [0.15, 0.2) is 5.11 Å². The molecule has 1 heterocycles. The molecule has 1 aromatic heterocycles. The minimum Gasteiger partial charge on any atom is -0.494 e. The molecule has 0 fully saturated rings. The Morgan fingerprint density at radius 3 is 2.79 bits per heavy atom. The SMILES string of the molecule is CCCCOc1cccc(C(=O)NC(=S)Nc2ccc(Br)cc2-c2nc3ccccc3s2)c1. The van der Waals surface area contributed by atoms with E-state index in [0.717, 1.165) is 43.8 Å². The first-order valence-corrected chi connectivity index (χ1v) is 12.6. The molecule has 0 saturated heterocycles. The number of para-hydroxylation sites is 1. The lowest BCUT2D eigenvalue weighted by Gasteiger charge is -2.13. The van der Waals surface area contributed by atoms with Crippen LogP contribution in [-0.2, 0) is 0 Å². The van der Waals surface area contributed by atoms with Crippen molar-refractivity contribution in [3.05, 3.63) is 76.8 Å². The van der Waals surface area contributed by atoms with Crippen LogP contribution >= 0.6 is 39.5 Å². The summed E-state index contributed by atoms with van der Waals surface area (Å²) < 4.78 is 7.73. The van der Waals surface area contributed by atoms with Crippen molar-refractivity contribution in [3.63, 3.8) is 0 Å². The van der Waals surface area contributed by atoms with Crippen LogP contribution in [0.5, 0.6) is 5.75 Å². The van der Waals surface area contributed by atoms with Gasteiger partial charge in [0.25, 0.3) is 5.91 Å². The van der Waals surface area contributed by atoms with Crippen molar-refractivity contribution in [2.24, 2.45) is 0 Å². The van der Waals surface area contributed by atoms with Gasteiger partial charge in [-0.15, -0.1) is 11.3 Å². The Morgan fingerprint density at radius 2 is 1.97 bits per heavy atom. The van der Waals surface area contributed by atoms with E-state index in [1.54, 1.807) is 29.5 Å². The molecule has 8 heteroatoms. The van der Waals surface area contributed by atoms with Gasteiger partial charge in [0.2, 0.25) is 0 Å². The van der Waals surface area contributed by atoms with Crippen molar-refractivity contribution in [1.82, 2.24) is 10.3 Å². The number of hydrogen-bond donors (Lipinski definition) is 2. The van der Waals surface area contributed by atoms with E-state index in [4.69, 9.17) is 21.9 Å². The number of fused-ring (bicyclic) bond motifs is 1. The number of carbonyl (C=O) groups excluding carboxylic acids is 1. The van der Waals surface area contributed by atoms with Crippen LogP contribution in [0.2, 0.25) is 0 Å². The normalized spacial score (nSPS) is 10.7. The van der Waals surface area contributed by atoms with Crippen molar-refractivity contribution in [2.45, 2.75) is 19.8 Å². The van der Waals surface area contributed by atoms with Gasteiger partial charge < -0.3 is 10.1 Å². The number of amides is 1. The third-order valence-corrected chi connectivity index (χ3v) is 6.61. The Morgan fingerprint density at radius 1 is 1.12 bits per heavy atom. The average molecular weight is 541 g/mol. The third kappa shape index (κ3) is 5.96. The zero-order chi connectivity index (χ0) is 23.2. The minimum absolute atomic E-state index is 0.210. The maximum Gasteiger partial charge on any atom is 0.257 e. The molecule has 0 spiro atoms. The summed E-state index contributed by atoms with van der Waals surface area (Å²) in [4.78, 5) is 17.5. The van der Waals surface area contributed by atoms with Gasteiger partial charge in [-0.05, 0) is 67.2 Å². The molecule has 0 atom stereocenters. The molecule has 0 saturated carbocycles. The summed E-state index contributed by atoms with van der Waals surface area (Å²) in [6.45, 7) is 2.73. The van der Waals surface area contributed by atoms with E-state index in [1.807, 2.05) is 48.5 Å². The van der Waals surface area contributed by atoms with Crippen LogP contribution < -0.4 is 15.4 Å². The molecule has 0 aliphatic heterocycles. The van der Waals surface area contributed by atoms with E-state index < -0.39 is 0 Å². The number of nitrogens with one attached hydrogen (secondary N) is 2. The number of carbonyl (C=O) groups is 1. The van der Waals surface area contributed by atoms with Crippen molar-refractivity contribution in [3.8, 4) is 16.3 Å². The molecule has 1 amide bonds. The Labute approximate surface area is 210 Å². The van der Waals surface area contributed by atoms with E-state index in [9.17, 15) is 4.79 Å². The lowest BCUT2D eigenvalue weighted by molar-refractivity contribution is 0.0977. The number of ether oxygens (including phenoxy) is 1. The summed E-state index contributed by atoms with van der Waals surface area (Å²) in [5.74, 6) is 0.369. The van der Waals surface area contributed by atoms with Crippen molar-refractivity contribution >= 4 is 66.4 Å². The quantitative estimate of drug-likeness (QED) is 0.195. The molecule has 0 bridgehead atoms. The maximum atomic E-state index is 12.7. The summed E-state index contributed by atoms with van der Waals surface area (Å²) >= 11 is 10.6. The maximum absolute atomic E-state index is 12.7. The Bertz CT molecular complexity index is 1270. The monoisotopic (exact) mass is 539 g/mol. The molecule has 3 aromatic carbocycles. The zero-order valence-corrected chi connectivity index (χ0v) is 21.1. The lowest BCUT2D eigenvalue weighted by Crippen LogP contribution is -2.34. The number of anilines is 1.